The molecule has 24 heavy (non-hydrogen) atoms. The van der Waals surface area contributed by atoms with Crippen LogP contribution >= 0.6 is 11.6 Å². The first-order valence-corrected chi connectivity index (χ1v) is 8.57. The molecule has 1 aromatic heterocycles. The van der Waals surface area contributed by atoms with Gasteiger partial charge in [-0.25, -0.2) is 4.79 Å². The molecule has 2 atom stereocenters. The maximum Gasteiger partial charge on any atom is 0.412 e. The van der Waals surface area contributed by atoms with Gasteiger partial charge in [0.15, 0.2) is 11.3 Å². The molecular weight excluding hydrogens is 328 g/mol. The second kappa shape index (κ2) is 5.67. The first-order valence-electron chi connectivity index (χ1n) is 8.20. The SMILES string of the molecule is CC[C@@]1(C)OC(=O)N(CCc2c(C)[nH]c3c(Cl)cccc23)[C@]1(C)O. The average molecular weight is 351 g/mol. The fraction of sp³-hybridized carbons (Fsp3) is 0.500. The Morgan fingerprint density at radius 1 is 1.38 bits per heavy atom. The third kappa shape index (κ3) is 2.38. The quantitative estimate of drug-likeness (QED) is 0.875. The topological polar surface area (TPSA) is 65.6 Å². The van der Waals surface area contributed by atoms with E-state index in [4.69, 9.17) is 16.3 Å². The van der Waals surface area contributed by atoms with Crippen molar-refractivity contribution in [3.63, 3.8) is 0 Å². The summed E-state index contributed by atoms with van der Waals surface area (Å²) in [5, 5.41) is 12.6. The predicted molar refractivity (Wildman–Crippen MR) is 94.3 cm³/mol. The van der Waals surface area contributed by atoms with Gasteiger partial charge < -0.3 is 14.8 Å². The minimum Gasteiger partial charge on any atom is -0.438 e. The number of halogens is 1. The molecule has 0 aliphatic carbocycles. The van der Waals surface area contributed by atoms with Crippen LogP contribution in [0.3, 0.4) is 0 Å². The van der Waals surface area contributed by atoms with E-state index in [-0.39, 0.29) is 0 Å². The van der Waals surface area contributed by atoms with Crippen LogP contribution in [-0.2, 0) is 11.2 Å². The molecule has 0 unspecified atom stereocenters. The summed E-state index contributed by atoms with van der Waals surface area (Å²) in [5.74, 6) is 0. The largest absolute Gasteiger partial charge is 0.438 e. The van der Waals surface area contributed by atoms with Gasteiger partial charge in [0.1, 0.15) is 0 Å². The number of benzene rings is 1. The number of hydrogen-bond donors (Lipinski definition) is 2. The standard InChI is InChI=1S/C18H23ClN2O3/c1-5-17(3)18(4,23)21(16(22)24-17)10-9-12-11(2)20-15-13(12)7-6-8-14(15)19/h6-8,20,23H,5,9-10H2,1-4H3/t17-,18-/m1/s1. The molecule has 1 aliphatic rings. The summed E-state index contributed by atoms with van der Waals surface area (Å²) in [4.78, 5) is 17.0. The number of nitrogens with zero attached hydrogens (tertiary/aromatic N) is 1. The van der Waals surface area contributed by atoms with Gasteiger partial charge in [0.05, 0.1) is 10.5 Å². The summed E-state index contributed by atoms with van der Waals surface area (Å²) in [7, 11) is 0. The lowest BCUT2D eigenvalue weighted by molar-refractivity contribution is -0.137. The fourth-order valence-electron chi connectivity index (χ4n) is 3.44. The van der Waals surface area contributed by atoms with Crippen LogP contribution < -0.4 is 0 Å². The Kier molecular flexibility index (Phi) is 4.04. The van der Waals surface area contributed by atoms with Crippen LogP contribution in [0.25, 0.3) is 10.9 Å². The molecule has 0 bridgehead atoms. The number of aromatic nitrogens is 1. The van der Waals surface area contributed by atoms with Crippen LogP contribution in [0.5, 0.6) is 0 Å². The number of rotatable bonds is 4. The first-order chi connectivity index (χ1) is 11.2. The summed E-state index contributed by atoms with van der Waals surface area (Å²) in [6.07, 6.45) is 0.682. The smallest absolute Gasteiger partial charge is 0.412 e. The van der Waals surface area contributed by atoms with E-state index in [0.29, 0.717) is 24.4 Å². The number of cyclic esters (lactones) is 1. The highest BCUT2D eigenvalue weighted by Crippen LogP contribution is 2.40. The Hall–Kier alpha value is -1.72. The van der Waals surface area contributed by atoms with Crippen molar-refractivity contribution in [2.75, 3.05) is 6.54 Å². The van der Waals surface area contributed by atoms with Crippen LogP contribution in [0.2, 0.25) is 5.02 Å². The minimum absolute atomic E-state index is 0.377. The highest BCUT2D eigenvalue weighted by Gasteiger charge is 2.58. The van der Waals surface area contributed by atoms with Crippen molar-refractivity contribution in [3.8, 4) is 0 Å². The predicted octanol–water partition coefficient (Wildman–Crippen LogP) is 4.00. The van der Waals surface area contributed by atoms with Gasteiger partial charge in [-0.3, -0.25) is 4.90 Å². The minimum atomic E-state index is -1.34. The summed E-state index contributed by atoms with van der Waals surface area (Å²) < 4.78 is 5.44. The molecule has 0 radical (unpaired) electrons. The summed E-state index contributed by atoms with van der Waals surface area (Å²) >= 11 is 6.24. The Morgan fingerprint density at radius 2 is 2.08 bits per heavy atom. The Bertz CT molecular complexity index is 799. The number of aryl methyl sites for hydroxylation is 1. The number of para-hydroxylation sites is 1. The van der Waals surface area contributed by atoms with E-state index in [1.54, 1.807) is 13.8 Å². The molecule has 1 saturated heterocycles. The number of carbonyl (C=O) groups is 1. The molecule has 2 N–H and O–H groups in total. The van der Waals surface area contributed by atoms with E-state index < -0.39 is 17.4 Å². The van der Waals surface area contributed by atoms with E-state index >= 15 is 0 Å². The monoisotopic (exact) mass is 350 g/mol. The van der Waals surface area contributed by atoms with E-state index in [2.05, 4.69) is 4.98 Å². The molecule has 2 aromatic rings. The Labute approximate surface area is 146 Å². The van der Waals surface area contributed by atoms with Gasteiger partial charge >= 0.3 is 6.09 Å². The molecular formula is C18H23ClN2O3. The molecule has 0 saturated carbocycles. The number of ether oxygens (including phenoxy) is 1. The zero-order chi connectivity index (χ0) is 17.7. The molecule has 3 rings (SSSR count). The summed E-state index contributed by atoms with van der Waals surface area (Å²) in [6.45, 7) is 7.67. The van der Waals surface area contributed by atoms with E-state index in [0.717, 1.165) is 22.2 Å². The van der Waals surface area contributed by atoms with E-state index in [1.807, 2.05) is 32.0 Å². The maximum absolute atomic E-state index is 12.2. The maximum atomic E-state index is 12.2. The molecule has 5 nitrogen and oxygen atoms in total. The number of fused-ring (bicyclic) bond motifs is 1. The first kappa shape index (κ1) is 17.1. The van der Waals surface area contributed by atoms with Gasteiger partial charge in [-0.15, -0.1) is 0 Å². The molecule has 1 aliphatic heterocycles. The third-order valence-electron chi connectivity index (χ3n) is 5.42. The van der Waals surface area contributed by atoms with Crippen molar-refractivity contribution in [3.05, 3.63) is 34.5 Å². The average Bonchev–Trinajstić information content (AvgIpc) is 2.92. The van der Waals surface area contributed by atoms with Crippen LogP contribution in [0, 0.1) is 6.92 Å². The highest BCUT2D eigenvalue weighted by atomic mass is 35.5. The van der Waals surface area contributed by atoms with Gasteiger partial charge in [0.25, 0.3) is 0 Å². The Balaban J connectivity index is 1.88. The van der Waals surface area contributed by atoms with E-state index in [9.17, 15) is 9.90 Å². The normalized spacial score (nSPS) is 27.1. The van der Waals surface area contributed by atoms with Crippen LogP contribution in [0.4, 0.5) is 4.79 Å². The molecule has 1 aromatic carbocycles. The summed E-state index contributed by atoms with van der Waals surface area (Å²) in [5.41, 5.74) is 0.782. The number of carbonyl (C=O) groups excluding carboxylic acids is 1. The van der Waals surface area contributed by atoms with Crippen molar-refractivity contribution in [1.82, 2.24) is 9.88 Å². The number of aliphatic hydroxyl groups is 1. The number of amides is 1. The number of aromatic amines is 1. The van der Waals surface area contributed by atoms with Crippen LogP contribution in [-0.4, -0.2) is 39.0 Å². The second-order valence-corrected chi connectivity index (χ2v) is 7.17. The number of nitrogens with one attached hydrogen (secondary N) is 1. The zero-order valence-electron chi connectivity index (χ0n) is 14.4. The third-order valence-corrected chi connectivity index (χ3v) is 5.74. The van der Waals surface area contributed by atoms with Gasteiger partial charge in [-0.2, -0.15) is 0 Å². The van der Waals surface area contributed by atoms with E-state index in [1.165, 1.54) is 4.90 Å². The number of hydrogen-bond acceptors (Lipinski definition) is 3. The molecule has 1 amide bonds. The zero-order valence-corrected chi connectivity index (χ0v) is 15.2. The Morgan fingerprint density at radius 3 is 2.71 bits per heavy atom. The van der Waals surface area contributed by atoms with Crippen LogP contribution in [0.15, 0.2) is 18.2 Å². The van der Waals surface area contributed by atoms with Gasteiger partial charge in [-0.1, -0.05) is 30.7 Å². The highest BCUT2D eigenvalue weighted by molar-refractivity contribution is 6.35. The lowest BCUT2D eigenvalue weighted by Crippen LogP contribution is -2.55. The summed E-state index contributed by atoms with van der Waals surface area (Å²) in [6, 6.07) is 5.77. The molecule has 2 heterocycles. The van der Waals surface area contributed by atoms with Crippen molar-refractivity contribution in [1.29, 1.82) is 0 Å². The number of H-pyrrole nitrogens is 1. The van der Waals surface area contributed by atoms with Crippen molar-refractivity contribution in [2.45, 2.75) is 51.9 Å². The van der Waals surface area contributed by atoms with Gasteiger partial charge in [-0.05, 0) is 45.2 Å². The van der Waals surface area contributed by atoms with Crippen LogP contribution in [0.1, 0.15) is 38.4 Å². The second-order valence-electron chi connectivity index (χ2n) is 6.77. The van der Waals surface area contributed by atoms with Crippen molar-refractivity contribution in [2.24, 2.45) is 0 Å². The fourth-order valence-corrected chi connectivity index (χ4v) is 3.66. The molecule has 6 heteroatoms. The van der Waals surface area contributed by atoms with Gasteiger partial charge in [0, 0.05) is 17.6 Å². The molecule has 1 fully saturated rings. The molecule has 130 valence electrons. The van der Waals surface area contributed by atoms with Crippen molar-refractivity contribution >= 4 is 28.6 Å². The lowest BCUT2D eigenvalue weighted by Gasteiger charge is -2.36. The lowest BCUT2D eigenvalue weighted by atomic mass is 9.90. The molecule has 0 spiro atoms. The van der Waals surface area contributed by atoms with Gasteiger partial charge in [0.2, 0.25) is 0 Å². The van der Waals surface area contributed by atoms with Crippen molar-refractivity contribution < 1.29 is 14.6 Å².